The molecule has 0 aliphatic carbocycles. The van der Waals surface area contributed by atoms with Crippen molar-refractivity contribution in [2.24, 2.45) is 0 Å². The van der Waals surface area contributed by atoms with E-state index >= 15 is 0 Å². The zero-order valence-electron chi connectivity index (χ0n) is 8.31. The normalized spacial score (nSPS) is 4.80. The molecule has 10 heavy (non-hydrogen) atoms. The van der Waals surface area contributed by atoms with E-state index in [0.717, 1.165) is 0 Å². The molecule has 0 spiro atoms. The van der Waals surface area contributed by atoms with Gasteiger partial charge < -0.3 is 23.5 Å². The van der Waals surface area contributed by atoms with Crippen molar-refractivity contribution in [1.29, 1.82) is 0 Å². The summed E-state index contributed by atoms with van der Waals surface area (Å²) in [4.78, 5) is 28.6. The van der Waals surface area contributed by atoms with Crippen LogP contribution in [0.3, 0.4) is 0 Å². The Morgan fingerprint density at radius 2 is 0.900 bits per heavy atom. The van der Waals surface area contributed by atoms with Crippen molar-refractivity contribution in [2.75, 3.05) is 0 Å². The third-order valence-electron chi connectivity index (χ3n) is 0. The summed E-state index contributed by atoms with van der Waals surface area (Å²) in [5.41, 5.74) is 0. The predicted octanol–water partition coefficient (Wildman–Crippen LogP) is -6.27. The van der Waals surface area contributed by atoms with Crippen LogP contribution in [-0.2, 0) is 8.92 Å². The van der Waals surface area contributed by atoms with Crippen LogP contribution < -0.4 is 29.6 Å². The van der Waals surface area contributed by atoms with E-state index < -0.39 is 18.3 Å². The van der Waals surface area contributed by atoms with Crippen LogP contribution in [-0.4, -0.2) is 60.6 Å². The first-order valence-electron chi connectivity index (χ1n) is 1.30. The minimum atomic E-state index is -3.13. The minimum Gasteiger partial charge on any atom is -1.00 e. The average Bonchev–Trinajstić information content (AvgIpc) is 1.25. The van der Waals surface area contributed by atoms with Gasteiger partial charge in [-0.05, 0) is 0 Å². The van der Waals surface area contributed by atoms with Crippen LogP contribution >= 0.6 is 0 Å². The van der Waals surface area contributed by atoms with Crippen molar-refractivity contribution in [3.8, 4) is 0 Å². The Hall–Kier alpha value is 1.00. The standard InChI is InChI=1S/Mg.Na.2H2O3Si.3H/c;;2*1-4(2)3;;;/h;;2*1-2H;;;/q+2;+1;;;3*-1. The van der Waals surface area contributed by atoms with Crippen LogP contribution in [0.2, 0.25) is 0 Å². The fraction of sp³-hybridized carbons (Fsp3) is 0. The van der Waals surface area contributed by atoms with Gasteiger partial charge in [-0.15, -0.1) is 0 Å². The quantitative estimate of drug-likeness (QED) is 0.293. The first kappa shape index (κ1) is 22.4. The van der Waals surface area contributed by atoms with Gasteiger partial charge in [0.1, 0.15) is 0 Å². The van der Waals surface area contributed by atoms with Crippen molar-refractivity contribution in [2.45, 2.75) is 0 Å². The molecule has 0 aromatic heterocycles. The van der Waals surface area contributed by atoms with E-state index in [-0.39, 0.29) is 56.9 Å². The molecule has 0 rings (SSSR count). The van der Waals surface area contributed by atoms with E-state index in [2.05, 4.69) is 0 Å². The maximum absolute atomic E-state index is 8.74. The fourth-order valence-corrected chi connectivity index (χ4v) is 0. The van der Waals surface area contributed by atoms with Crippen molar-refractivity contribution < 1.29 is 61.9 Å². The molecule has 0 amide bonds. The van der Waals surface area contributed by atoms with Gasteiger partial charge in [0.25, 0.3) is 0 Å². The second-order valence-electron chi connectivity index (χ2n) is 0.565. The monoisotopic (exact) mass is 206 g/mol. The fourth-order valence-electron chi connectivity index (χ4n) is 0. The molecule has 0 saturated carbocycles. The van der Waals surface area contributed by atoms with Gasteiger partial charge >= 0.3 is 71.0 Å². The van der Waals surface area contributed by atoms with Gasteiger partial charge in [0, 0.05) is 0 Å². The van der Waals surface area contributed by atoms with E-state index in [4.69, 9.17) is 28.1 Å². The molecule has 0 saturated heterocycles. The largest absolute Gasteiger partial charge is 2.00 e. The summed E-state index contributed by atoms with van der Waals surface area (Å²) >= 11 is 0. The Kier molecular flexibility index (Phi) is 37.1. The number of hydrogen-bond donors (Lipinski definition) is 4. The van der Waals surface area contributed by atoms with Gasteiger partial charge in [-0.2, -0.15) is 0 Å². The Morgan fingerprint density at radius 3 is 0.900 bits per heavy atom. The Labute approximate surface area is 103 Å². The van der Waals surface area contributed by atoms with Crippen molar-refractivity contribution in [3.63, 3.8) is 0 Å². The smallest absolute Gasteiger partial charge is 1.00 e. The molecule has 0 unspecified atom stereocenters. The SMILES string of the molecule is O=[Si](O)O.O=[Si](O)O.[H-].[H-].[H-].[Mg+2].[Na+]. The van der Waals surface area contributed by atoms with Gasteiger partial charge in [-0.1, -0.05) is 0 Å². The summed E-state index contributed by atoms with van der Waals surface area (Å²) in [5, 5.41) is 0. The first-order chi connectivity index (χ1) is 3.46. The molecule has 0 aliphatic rings. The Bertz CT molecular complexity index is 83.9. The van der Waals surface area contributed by atoms with E-state index in [1.807, 2.05) is 0 Å². The van der Waals surface area contributed by atoms with Gasteiger partial charge in [-0.25, -0.2) is 0 Å². The van der Waals surface area contributed by atoms with Crippen molar-refractivity contribution in [3.05, 3.63) is 0 Å². The second kappa shape index (κ2) is 16.5. The molecule has 6 nitrogen and oxygen atoms in total. The zero-order valence-corrected chi connectivity index (χ0v) is 10.7. The molecule has 0 aliphatic heterocycles. The third-order valence-corrected chi connectivity index (χ3v) is 0. The Balaban J connectivity index is -0.00000000800. The maximum Gasteiger partial charge on any atom is 2.00 e. The second-order valence-corrected chi connectivity index (χ2v) is 1.70. The van der Waals surface area contributed by atoms with E-state index in [1.165, 1.54) is 0 Å². The third kappa shape index (κ3) is 576. The maximum atomic E-state index is 8.74. The van der Waals surface area contributed by atoms with E-state index in [9.17, 15) is 0 Å². The van der Waals surface area contributed by atoms with Crippen LogP contribution in [0, 0.1) is 0 Å². The summed E-state index contributed by atoms with van der Waals surface area (Å²) in [6.45, 7) is 0. The molecule has 0 radical (unpaired) electrons. The van der Waals surface area contributed by atoms with Crippen LogP contribution in [0.4, 0.5) is 0 Å². The summed E-state index contributed by atoms with van der Waals surface area (Å²) < 4.78 is 17.5. The van der Waals surface area contributed by atoms with Crippen molar-refractivity contribution in [1.82, 2.24) is 0 Å². The molecule has 0 fully saturated rings. The predicted molar refractivity (Wildman–Crippen MR) is 30.8 cm³/mol. The summed E-state index contributed by atoms with van der Waals surface area (Å²) in [5.74, 6) is 0. The topological polar surface area (TPSA) is 115 Å². The van der Waals surface area contributed by atoms with E-state index in [0.29, 0.717) is 0 Å². The average molecular weight is 207 g/mol. The molecule has 0 aromatic carbocycles. The molecule has 54 valence electrons. The molecule has 0 aromatic rings. The van der Waals surface area contributed by atoms with Crippen LogP contribution in [0.15, 0.2) is 0 Å². The van der Waals surface area contributed by atoms with Gasteiger partial charge in [-0.3, -0.25) is 8.92 Å². The number of rotatable bonds is 0. The first-order valence-corrected chi connectivity index (χ1v) is 3.91. The van der Waals surface area contributed by atoms with Crippen molar-refractivity contribution >= 4 is 41.4 Å². The molecule has 10 heteroatoms. The van der Waals surface area contributed by atoms with Crippen LogP contribution in [0.1, 0.15) is 4.28 Å². The molecule has 4 N–H and O–H groups in total. The molecule has 0 bridgehead atoms. The summed E-state index contributed by atoms with van der Waals surface area (Å²) in [6, 6.07) is 0. The van der Waals surface area contributed by atoms with Crippen LogP contribution in [0.25, 0.3) is 0 Å². The zero-order chi connectivity index (χ0) is 7.15. The molecular weight excluding hydrogens is 199 g/mol. The molecular formula is H7MgNaO6Si2. The van der Waals surface area contributed by atoms with Gasteiger partial charge in [0.2, 0.25) is 0 Å². The summed E-state index contributed by atoms with van der Waals surface area (Å²) in [6.07, 6.45) is 0. The van der Waals surface area contributed by atoms with Gasteiger partial charge in [0.15, 0.2) is 0 Å². The Morgan fingerprint density at radius 1 is 0.900 bits per heavy atom. The molecule has 0 atom stereocenters. The van der Waals surface area contributed by atoms with Gasteiger partial charge in [0.05, 0.1) is 0 Å². The van der Waals surface area contributed by atoms with Crippen LogP contribution in [0.5, 0.6) is 0 Å². The van der Waals surface area contributed by atoms with E-state index in [1.54, 1.807) is 0 Å². The summed E-state index contributed by atoms with van der Waals surface area (Å²) in [7, 11) is -6.26. The number of hydrogen-bond acceptors (Lipinski definition) is 2. The molecule has 0 heterocycles. The minimum absolute atomic E-state index is 0.